The summed E-state index contributed by atoms with van der Waals surface area (Å²) in [5.74, 6) is -0.249. The van der Waals surface area contributed by atoms with Gasteiger partial charge in [-0.25, -0.2) is 4.98 Å². The monoisotopic (exact) mass is 505 g/mol. The number of benzene rings is 1. The van der Waals surface area contributed by atoms with Crippen molar-refractivity contribution >= 4 is 34.9 Å². The van der Waals surface area contributed by atoms with Gasteiger partial charge < -0.3 is 14.8 Å². The largest absolute Gasteiger partial charge is 0.340 e. The lowest BCUT2D eigenvalue weighted by Gasteiger charge is -2.35. The number of halogens is 1. The van der Waals surface area contributed by atoms with E-state index >= 15 is 0 Å². The van der Waals surface area contributed by atoms with Crippen molar-refractivity contribution in [1.82, 2.24) is 19.4 Å². The summed E-state index contributed by atoms with van der Waals surface area (Å²) >= 11 is 6.15. The van der Waals surface area contributed by atoms with Crippen LogP contribution in [0, 0.1) is 11.8 Å². The summed E-state index contributed by atoms with van der Waals surface area (Å²) in [4.78, 5) is 50.2. The average Bonchev–Trinajstić information content (AvgIpc) is 3.29. The van der Waals surface area contributed by atoms with Gasteiger partial charge in [0.2, 0.25) is 5.91 Å². The highest BCUT2D eigenvalue weighted by atomic mass is 35.5. The van der Waals surface area contributed by atoms with Crippen molar-refractivity contribution in [2.75, 3.05) is 11.9 Å². The molecule has 9 heteroatoms. The van der Waals surface area contributed by atoms with E-state index in [2.05, 4.69) is 15.3 Å². The lowest BCUT2D eigenvalue weighted by molar-refractivity contribution is -0.120. The topological polar surface area (TPSA) is 97.2 Å². The molecule has 1 aliphatic heterocycles. The number of rotatable bonds is 6. The summed E-state index contributed by atoms with van der Waals surface area (Å²) in [5.41, 5.74) is 2.10. The number of hydrogen-bond acceptors (Lipinski definition) is 5. The molecule has 1 aromatic carbocycles. The molecular formula is C27H28ClN5O3. The molecular weight excluding hydrogens is 478 g/mol. The van der Waals surface area contributed by atoms with E-state index in [4.69, 9.17) is 11.6 Å². The van der Waals surface area contributed by atoms with Gasteiger partial charge >= 0.3 is 0 Å². The molecule has 2 aliphatic rings. The van der Waals surface area contributed by atoms with Gasteiger partial charge in [0, 0.05) is 49.0 Å². The first kappa shape index (κ1) is 24.2. The number of fused-ring (bicyclic) bond motifs is 1. The molecule has 1 N–H and O–H groups in total. The van der Waals surface area contributed by atoms with Gasteiger partial charge in [-0.05, 0) is 61.9 Å². The minimum Gasteiger partial charge on any atom is -0.340 e. The highest BCUT2D eigenvalue weighted by molar-refractivity contribution is 6.31. The second-order valence-electron chi connectivity index (χ2n) is 9.68. The maximum atomic E-state index is 13.7. The highest BCUT2D eigenvalue weighted by Gasteiger charge is 2.38. The maximum Gasteiger partial charge on any atom is 0.256 e. The number of pyridine rings is 1. The van der Waals surface area contributed by atoms with E-state index in [1.165, 1.54) is 0 Å². The number of nitrogens with one attached hydrogen (secondary N) is 1. The second kappa shape index (κ2) is 10.2. The molecule has 186 valence electrons. The van der Waals surface area contributed by atoms with Gasteiger partial charge in [-0.2, -0.15) is 0 Å². The Balaban J connectivity index is 1.35. The van der Waals surface area contributed by atoms with Crippen LogP contribution in [0.4, 0.5) is 5.69 Å². The van der Waals surface area contributed by atoms with Crippen molar-refractivity contribution in [3.63, 3.8) is 0 Å². The summed E-state index contributed by atoms with van der Waals surface area (Å²) in [5, 5.41) is 3.36. The summed E-state index contributed by atoms with van der Waals surface area (Å²) in [6, 6.07) is 9.79. The van der Waals surface area contributed by atoms with Gasteiger partial charge in [-0.3, -0.25) is 19.4 Å². The third-order valence-corrected chi connectivity index (χ3v) is 7.40. The van der Waals surface area contributed by atoms with Crippen molar-refractivity contribution in [2.45, 2.75) is 38.1 Å². The molecule has 1 aliphatic carbocycles. The van der Waals surface area contributed by atoms with Gasteiger partial charge in [-0.1, -0.05) is 17.7 Å². The van der Waals surface area contributed by atoms with E-state index in [9.17, 15) is 14.4 Å². The molecule has 0 unspecified atom stereocenters. The molecule has 8 nitrogen and oxygen atoms in total. The molecule has 2 aromatic heterocycles. The zero-order chi connectivity index (χ0) is 25.2. The van der Waals surface area contributed by atoms with Crippen molar-refractivity contribution in [2.24, 2.45) is 18.9 Å². The molecule has 1 atom stereocenters. The van der Waals surface area contributed by atoms with Gasteiger partial charge in [0.1, 0.15) is 11.7 Å². The van der Waals surface area contributed by atoms with Crippen molar-refractivity contribution in [3.05, 3.63) is 77.1 Å². The van der Waals surface area contributed by atoms with E-state index in [1.807, 2.05) is 25.2 Å². The number of imidazole rings is 1. The van der Waals surface area contributed by atoms with Crippen LogP contribution in [0.3, 0.4) is 0 Å². The standard InChI is InChI=1S/C27H28ClN5O3/c1-32-15-23(30-16-32)25(34)18-7-5-17(6-8-18)14-33-24(13-20-4-2-3-11-29-20)26(35)31-22-12-19(28)9-10-21(22)27(33)36/h2-4,9-12,15-18,24H,5-8,13-14H2,1H3,(H,31,35)/t17-,18-,24-/m1/s1. The fourth-order valence-corrected chi connectivity index (χ4v) is 5.40. The van der Waals surface area contributed by atoms with Crippen LogP contribution in [-0.2, 0) is 18.3 Å². The first-order valence-corrected chi connectivity index (χ1v) is 12.6. The smallest absolute Gasteiger partial charge is 0.256 e. The Labute approximate surface area is 214 Å². The van der Waals surface area contributed by atoms with Crippen LogP contribution < -0.4 is 5.32 Å². The fourth-order valence-electron chi connectivity index (χ4n) is 5.22. The zero-order valence-corrected chi connectivity index (χ0v) is 20.8. The SMILES string of the molecule is Cn1cnc(C(=O)[C@H]2CC[C@H](CN3C(=O)c4ccc(Cl)cc4NC(=O)[C@H]3Cc3ccccn3)CC2)c1. The number of carbonyl (C=O) groups is 3. The molecule has 1 fully saturated rings. The zero-order valence-electron chi connectivity index (χ0n) is 20.1. The normalized spacial score (nSPS) is 22.1. The quantitative estimate of drug-likeness (QED) is 0.507. The molecule has 0 spiro atoms. The van der Waals surface area contributed by atoms with E-state index in [-0.39, 0.29) is 29.4 Å². The predicted molar refractivity (Wildman–Crippen MR) is 136 cm³/mol. The van der Waals surface area contributed by atoms with E-state index in [0.717, 1.165) is 31.4 Å². The van der Waals surface area contributed by atoms with E-state index < -0.39 is 6.04 Å². The molecule has 1 saturated carbocycles. The van der Waals surface area contributed by atoms with Gasteiger partial charge in [0.25, 0.3) is 5.91 Å². The number of anilines is 1. The number of Topliss-reactive ketones (excluding diaryl/α,β-unsaturated/α-hetero) is 1. The third-order valence-electron chi connectivity index (χ3n) is 7.17. The maximum absolute atomic E-state index is 13.7. The molecule has 0 saturated heterocycles. The summed E-state index contributed by atoms with van der Waals surface area (Å²) in [6.45, 7) is 0.441. The average molecular weight is 506 g/mol. The fraction of sp³-hybridized carbons (Fsp3) is 0.370. The first-order chi connectivity index (χ1) is 17.4. The van der Waals surface area contributed by atoms with Gasteiger partial charge in [-0.15, -0.1) is 0 Å². The van der Waals surface area contributed by atoms with Crippen LogP contribution in [0.1, 0.15) is 52.2 Å². The van der Waals surface area contributed by atoms with Crippen LogP contribution in [0.2, 0.25) is 5.02 Å². The third kappa shape index (κ3) is 5.04. The minimum atomic E-state index is -0.702. The van der Waals surface area contributed by atoms with E-state index in [1.54, 1.807) is 46.4 Å². The Bertz CT molecular complexity index is 1280. The van der Waals surface area contributed by atoms with E-state index in [0.29, 0.717) is 34.9 Å². The Morgan fingerprint density at radius 3 is 2.61 bits per heavy atom. The first-order valence-electron chi connectivity index (χ1n) is 12.2. The summed E-state index contributed by atoms with van der Waals surface area (Å²) in [6.07, 6.45) is 8.49. The number of aryl methyl sites for hydroxylation is 1. The Kier molecular flexibility index (Phi) is 6.87. The van der Waals surface area contributed by atoms with Gasteiger partial charge in [0.15, 0.2) is 5.78 Å². The van der Waals surface area contributed by atoms with Crippen molar-refractivity contribution in [1.29, 1.82) is 0 Å². The molecule has 2 amide bonds. The van der Waals surface area contributed by atoms with Crippen molar-refractivity contribution in [3.8, 4) is 0 Å². The molecule has 0 bridgehead atoms. The number of aromatic nitrogens is 3. The number of hydrogen-bond donors (Lipinski definition) is 1. The van der Waals surface area contributed by atoms with Crippen LogP contribution in [0.25, 0.3) is 0 Å². The predicted octanol–water partition coefficient (Wildman–Crippen LogP) is 4.16. The Morgan fingerprint density at radius 1 is 1.11 bits per heavy atom. The molecule has 3 heterocycles. The van der Waals surface area contributed by atoms with Crippen LogP contribution in [0.15, 0.2) is 55.1 Å². The van der Waals surface area contributed by atoms with Crippen LogP contribution >= 0.6 is 11.6 Å². The molecule has 0 radical (unpaired) electrons. The Hall–Kier alpha value is -3.52. The molecule has 36 heavy (non-hydrogen) atoms. The summed E-state index contributed by atoms with van der Waals surface area (Å²) < 4.78 is 1.78. The number of carbonyl (C=O) groups excluding carboxylic acids is 3. The van der Waals surface area contributed by atoms with Gasteiger partial charge in [0.05, 0.1) is 17.6 Å². The number of nitrogens with zero attached hydrogens (tertiary/aromatic N) is 4. The lowest BCUT2D eigenvalue weighted by atomic mass is 9.79. The second-order valence-corrected chi connectivity index (χ2v) is 10.1. The number of amides is 2. The van der Waals surface area contributed by atoms with Crippen LogP contribution in [0.5, 0.6) is 0 Å². The van der Waals surface area contributed by atoms with Crippen LogP contribution in [-0.4, -0.2) is 49.6 Å². The highest BCUT2D eigenvalue weighted by Crippen LogP contribution is 2.34. The molecule has 5 rings (SSSR count). The molecule has 3 aromatic rings. The Morgan fingerprint density at radius 2 is 1.92 bits per heavy atom. The van der Waals surface area contributed by atoms with Crippen molar-refractivity contribution < 1.29 is 14.4 Å². The lowest BCUT2D eigenvalue weighted by Crippen LogP contribution is -2.49. The minimum absolute atomic E-state index is 0.0635. The number of ketones is 1. The summed E-state index contributed by atoms with van der Waals surface area (Å²) in [7, 11) is 1.85.